The van der Waals surface area contributed by atoms with E-state index in [1.165, 1.54) is 6.92 Å². The summed E-state index contributed by atoms with van der Waals surface area (Å²) in [5.74, 6) is -0.407. The fourth-order valence-corrected chi connectivity index (χ4v) is 2.43. The first-order valence-electron chi connectivity index (χ1n) is 7.10. The van der Waals surface area contributed by atoms with Crippen molar-refractivity contribution in [2.45, 2.75) is 39.2 Å². The van der Waals surface area contributed by atoms with Crippen molar-refractivity contribution < 1.29 is 9.59 Å². The Labute approximate surface area is 119 Å². The van der Waals surface area contributed by atoms with Crippen LogP contribution in [0.1, 0.15) is 43.9 Å². The number of hydrogen-bond donors (Lipinski definition) is 1. The summed E-state index contributed by atoms with van der Waals surface area (Å²) in [5, 5.41) is 2.94. The molecule has 20 heavy (non-hydrogen) atoms. The first-order chi connectivity index (χ1) is 9.63. The second-order valence-electron chi connectivity index (χ2n) is 5.14. The van der Waals surface area contributed by atoms with Crippen molar-refractivity contribution in [1.29, 1.82) is 0 Å². The Morgan fingerprint density at radius 3 is 3.00 bits per heavy atom. The van der Waals surface area contributed by atoms with E-state index in [0.29, 0.717) is 19.6 Å². The first kappa shape index (κ1) is 14.5. The van der Waals surface area contributed by atoms with Gasteiger partial charge in [0.1, 0.15) is 0 Å². The van der Waals surface area contributed by atoms with Crippen LogP contribution in [0.25, 0.3) is 0 Å². The molecule has 1 aromatic heterocycles. The lowest BCUT2D eigenvalue weighted by Gasteiger charge is -2.32. The molecule has 0 aliphatic carbocycles. The smallest absolute Gasteiger partial charge is 0.230 e. The van der Waals surface area contributed by atoms with Gasteiger partial charge in [0.25, 0.3) is 0 Å². The number of fused-ring (bicyclic) bond motifs is 1. The molecule has 108 valence electrons. The van der Waals surface area contributed by atoms with Crippen LogP contribution < -0.4 is 5.32 Å². The molecule has 2 heterocycles. The summed E-state index contributed by atoms with van der Waals surface area (Å²) < 4.78 is 0. The molecule has 2 amide bonds. The number of aromatic nitrogens is 1. The molecule has 5 heteroatoms. The molecule has 1 aliphatic rings. The highest BCUT2D eigenvalue weighted by Crippen LogP contribution is 2.26. The Bertz CT molecular complexity index is 502. The number of unbranched alkanes of at least 4 members (excludes halogenated alkanes) is 1. The molecule has 1 aromatic rings. The van der Waals surface area contributed by atoms with E-state index >= 15 is 0 Å². The fourth-order valence-electron chi connectivity index (χ4n) is 2.43. The van der Waals surface area contributed by atoms with E-state index in [9.17, 15) is 9.59 Å². The predicted molar refractivity (Wildman–Crippen MR) is 76.0 cm³/mol. The highest BCUT2D eigenvalue weighted by molar-refractivity contribution is 5.85. The van der Waals surface area contributed by atoms with Gasteiger partial charge in [-0.1, -0.05) is 19.4 Å². The second kappa shape index (κ2) is 6.50. The zero-order chi connectivity index (χ0) is 14.5. The summed E-state index contributed by atoms with van der Waals surface area (Å²) in [4.78, 5) is 30.0. The molecule has 0 spiro atoms. The molecular formula is C15H21N3O2. The largest absolute Gasteiger partial charge is 0.355 e. The third-order valence-electron chi connectivity index (χ3n) is 3.61. The van der Waals surface area contributed by atoms with Crippen molar-refractivity contribution in [3.05, 3.63) is 29.6 Å². The number of pyridine rings is 1. The number of rotatable bonds is 4. The zero-order valence-corrected chi connectivity index (χ0v) is 12.1. The van der Waals surface area contributed by atoms with Crippen LogP contribution in [0.3, 0.4) is 0 Å². The number of amides is 2. The van der Waals surface area contributed by atoms with Crippen LogP contribution >= 0.6 is 0 Å². The van der Waals surface area contributed by atoms with E-state index in [1.807, 2.05) is 12.1 Å². The average Bonchev–Trinajstić information content (AvgIpc) is 2.46. The molecule has 0 fully saturated rings. The van der Waals surface area contributed by atoms with E-state index in [1.54, 1.807) is 11.1 Å². The minimum atomic E-state index is -0.360. The van der Waals surface area contributed by atoms with Crippen molar-refractivity contribution in [3.63, 3.8) is 0 Å². The summed E-state index contributed by atoms with van der Waals surface area (Å²) >= 11 is 0. The molecule has 0 bridgehead atoms. The molecule has 0 radical (unpaired) electrons. The molecule has 1 atom stereocenters. The monoisotopic (exact) mass is 275 g/mol. The van der Waals surface area contributed by atoms with Gasteiger partial charge in [0.15, 0.2) is 0 Å². The number of hydrogen-bond acceptors (Lipinski definition) is 3. The van der Waals surface area contributed by atoms with Crippen molar-refractivity contribution in [1.82, 2.24) is 15.2 Å². The average molecular weight is 275 g/mol. The lowest BCUT2D eigenvalue weighted by atomic mass is 9.94. The van der Waals surface area contributed by atoms with E-state index in [-0.39, 0.29) is 17.7 Å². The topological polar surface area (TPSA) is 62.3 Å². The Hall–Kier alpha value is -1.91. The minimum absolute atomic E-state index is 0.00846. The van der Waals surface area contributed by atoms with Gasteiger partial charge in [0.05, 0.1) is 11.6 Å². The summed E-state index contributed by atoms with van der Waals surface area (Å²) in [6.45, 7) is 5.25. The van der Waals surface area contributed by atoms with Gasteiger partial charge in [0.2, 0.25) is 11.8 Å². The zero-order valence-electron chi connectivity index (χ0n) is 12.1. The number of carbonyl (C=O) groups excluding carboxylic acids is 2. The van der Waals surface area contributed by atoms with Gasteiger partial charge in [-0.25, -0.2) is 0 Å². The molecule has 1 N–H and O–H groups in total. The Kier molecular flexibility index (Phi) is 4.71. The molecular weight excluding hydrogens is 254 g/mol. The van der Waals surface area contributed by atoms with Gasteiger partial charge in [-0.05, 0) is 18.1 Å². The molecule has 1 aliphatic heterocycles. The first-order valence-corrected chi connectivity index (χ1v) is 7.10. The maximum absolute atomic E-state index is 12.3. The lowest BCUT2D eigenvalue weighted by molar-refractivity contribution is -0.131. The Morgan fingerprint density at radius 2 is 2.30 bits per heavy atom. The number of nitrogens with one attached hydrogen (secondary N) is 1. The SMILES string of the molecule is CCCCNC(=O)C1CN(C(C)=O)Cc2cccnc21. The quantitative estimate of drug-likeness (QED) is 0.846. The molecule has 0 saturated heterocycles. The van der Waals surface area contributed by atoms with E-state index < -0.39 is 0 Å². The van der Waals surface area contributed by atoms with Crippen LogP contribution in [0.2, 0.25) is 0 Å². The van der Waals surface area contributed by atoms with Crippen LogP contribution in [0.4, 0.5) is 0 Å². The normalized spacial score (nSPS) is 17.5. The molecule has 0 saturated carbocycles. The van der Waals surface area contributed by atoms with E-state index in [2.05, 4.69) is 17.2 Å². The van der Waals surface area contributed by atoms with Crippen LogP contribution in [-0.4, -0.2) is 34.8 Å². The minimum Gasteiger partial charge on any atom is -0.355 e. The molecule has 5 nitrogen and oxygen atoms in total. The Balaban J connectivity index is 2.18. The van der Waals surface area contributed by atoms with Gasteiger partial charge in [-0.15, -0.1) is 0 Å². The predicted octanol–water partition coefficient (Wildman–Crippen LogP) is 1.44. The molecule has 0 aromatic carbocycles. The third-order valence-corrected chi connectivity index (χ3v) is 3.61. The van der Waals surface area contributed by atoms with Crippen LogP contribution in [0, 0.1) is 0 Å². The third kappa shape index (κ3) is 3.15. The maximum atomic E-state index is 12.3. The highest BCUT2D eigenvalue weighted by Gasteiger charge is 2.32. The summed E-state index contributed by atoms with van der Waals surface area (Å²) in [7, 11) is 0. The van der Waals surface area contributed by atoms with Crippen molar-refractivity contribution in [2.75, 3.05) is 13.1 Å². The number of nitrogens with zero attached hydrogens (tertiary/aromatic N) is 2. The highest BCUT2D eigenvalue weighted by atomic mass is 16.2. The fraction of sp³-hybridized carbons (Fsp3) is 0.533. The van der Waals surface area contributed by atoms with Gasteiger partial charge >= 0.3 is 0 Å². The van der Waals surface area contributed by atoms with Gasteiger partial charge in [0, 0.05) is 32.8 Å². The number of carbonyl (C=O) groups is 2. The van der Waals surface area contributed by atoms with Gasteiger partial charge in [-0.2, -0.15) is 0 Å². The lowest BCUT2D eigenvalue weighted by Crippen LogP contribution is -2.43. The van der Waals surface area contributed by atoms with E-state index in [0.717, 1.165) is 24.1 Å². The molecule has 2 rings (SSSR count). The summed E-state index contributed by atoms with van der Waals surface area (Å²) in [6, 6.07) is 3.78. The standard InChI is InChI=1S/C15H21N3O2/c1-3-4-7-17-15(20)13-10-18(11(2)19)9-12-6-5-8-16-14(12)13/h5-6,8,13H,3-4,7,9-10H2,1-2H3,(H,17,20). The van der Waals surface area contributed by atoms with Crippen LogP contribution in [0.15, 0.2) is 18.3 Å². The summed E-state index contributed by atoms with van der Waals surface area (Å²) in [6.07, 6.45) is 3.71. The summed E-state index contributed by atoms with van der Waals surface area (Å²) in [5.41, 5.74) is 1.77. The van der Waals surface area contributed by atoms with E-state index in [4.69, 9.17) is 0 Å². The van der Waals surface area contributed by atoms with Crippen molar-refractivity contribution in [3.8, 4) is 0 Å². The second-order valence-corrected chi connectivity index (χ2v) is 5.14. The Morgan fingerprint density at radius 1 is 1.50 bits per heavy atom. The van der Waals surface area contributed by atoms with Crippen molar-refractivity contribution in [2.24, 2.45) is 0 Å². The maximum Gasteiger partial charge on any atom is 0.230 e. The van der Waals surface area contributed by atoms with Crippen molar-refractivity contribution >= 4 is 11.8 Å². The van der Waals surface area contributed by atoms with Crippen LogP contribution in [-0.2, 0) is 16.1 Å². The molecule has 1 unspecified atom stereocenters. The van der Waals surface area contributed by atoms with Gasteiger partial charge in [-0.3, -0.25) is 14.6 Å². The van der Waals surface area contributed by atoms with Crippen LogP contribution in [0.5, 0.6) is 0 Å². The van der Waals surface area contributed by atoms with Gasteiger partial charge < -0.3 is 10.2 Å².